The molecule has 2 fully saturated rings. The minimum atomic E-state index is -1.01. The molecular weight excluding hydrogens is 270 g/mol. The SMILES string of the molecule is CN(CC(=O)NC1CC1)C(=O)N1CSC[C@H]1C(=O)O. The van der Waals surface area contributed by atoms with Gasteiger partial charge in [0.25, 0.3) is 0 Å². The third-order valence-electron chi connectivity index (χ3n) is 3.06. The number of carbonyl (C=O) groups is 3. The zero-order valence-electron chi connectivity index (χ0n) is 10.7. The van der Waals surface area contributed by atoms with Crippen LogP contribution in [0.25, 0.3) is 0 Å². The van der Waals surface area contributed by atoms with Crippen molar-refractivity contribution in [1.29, 1.82) is 0 Å². The van der Waals surface area contributed by atoms with E-state index in [-0.39, 0.29) is 18.5 Å². The van der Waals surface area contributed by atoms with E-state index in [0.29, 0.717) is 11.6 Å². The molecule has 0 aromatic rings. The van der Waals surface area contributed by atoms with E-state index < -0.39 is 18.0 Å². The second-order valence-electron chi connectivity index (χ2n) is 4.80. The van der Waals surface area contributed by atoms with Crippen LogP contribution in [0.1, 0.15) is 12.8 Å². The molecule has 0 spiro atoms. The fourth-order valence-electron chi connectivity index (χ4n) is 1.84. The second kappa shape index (κ2) is 5.68. The van der Waals surface area contributed by atoms with Crippen molar-refractivity contribution in [2.45, 2.75) is 24.9 Å². The van der Waals surface area contributed by atoms with Gasteiger partial charge < -0.3 is 20.2 Å². The molecule has 0 aromatic carbocycles. The predicted molar refractivity (Wildman–Crippen MR) is 69.8 cm³/mol. The molecule has 0 unspecified atom stereocenters. The molecule has 1 aliphatic heterocycles. The Balaban J connectivity index is 1.86. The maximum absolute atomic E-state index is 12.1. The lowest BCUT2D eigenvalue weighted by Gasteiger charge is -2.26. The lowest BCUT2D eigenvalue weighted by atomic mass is 10.3. The van der Waals surface area contributed by atoms with E-state index in [0.717, 1.165) is 12.8 Å². The van der Waals surface area contributed by atoms with E-state index in [2.05, 4.69) is 5.32 Å². The van der Waals surface area contributed by atoms with E-state index in [4.69, 9.17) is 5.11 Å². The highest BCUT2D eigenvalue weighted by molar-refractivity contribution is 7.99. The summed E-state index contributed by atoms with van der Waals surface area (Å²) in [6.07, 6.45) is 1.99. The molecule has 1 heterocycles. The van der Waals surface area contributed by atoms with Gasteiger partial charge in [0.05, 0.1) is 5.88 Å². The number of nitrogens with one attached hydrogen (secondary N) is 1. The summed E-state index contributed by atoms with van der Waals surface area (Å²) in [4.78, 5) is 37.2. The topological polar surface area (TPSA) is 90.0 Å². The first-order valence-corrected chi connectivity index (χ1v) is 7.26. The van der Waals surface area contributed by atoms with Gasteiger partial charge in [-0.2, -0.15) is 0 Å². The molecule has 2 rings (SSSR count). The largest absolute Gasteiger partial charge is 0.480 e. The highest BCUT2D eigenvalue weighted by Crippen LogP contribution is 2.22. The Labute approximate surface area is 115 Å². The first-order chi connectivity index (χ1) is 8.99. The number of nitrogens with zero attached hydrogens (tertiary/aromatic N) is 2. The van der Waals surface area contributed by atoms with E-state index in [1.54, 1.807) is 0 Å². The zero-order chi connectivity index (χ0) is 14.0. The van der Waals surface area contributed by atoms with Crippen molar-refractivity contribution in [3.8, 4) is 0 Å². The van der Waals surface area contributed by atoms with Crippen molar-refractivity contribution in [3.05, 3.63) is 0 Å². The van der Waals surface area contributed by atoms with Gasteiger partial charge in [0.1, 0.15) is 12.6 Å². The molecule has 2 N–H and O–H groups in total. The van der Waals surface area contributed by atoms with Gasteiger partial charge in [-0.05, 0) is 12.8 Å². The molecular formula is C11H17N3O4S. The number of rotatable bonds is 4. The van der Waals surface area contributed by atoms with Crippen LogP contribution in [0.15, 0.2) is 0 Å². The van der Waals surface area contributed by atoms with Crippen LogP contribution in [0.3, 0.4) is 0 Å². The second-order valence-corrected chi connectivity index (χ2v) is 5.80. The summed E-state index contributed by atoms with van der Waals surface area (Å²) >= 11 is 1.40. The summed E-state index contributed by atoms with van der Waals surface area (Å²) in [5.74, 6) is -0.459. The highest BCUT2D eigenvalue weighted by atomic mass is 32.2. The molecule has 1 aliphatic carbocycles. The maximum atomic E-state index is 12.1. The summed E-state index contributed by atoms with van der Waals surface area (Å²) in [6.45, 7) is -0.0389. The molecule has 106 valence electrons. The van der Waals surface area contributed by atoms with Gasteiger partial charge in [-0.15, -0.1) is 11.8 Å². The first-order valence-electron chi connectivity index (χ1n) is 6.10. The Morgan fingerprint density at radius 2 is 2.11 bits per heavy atom. The minimum absolute atomic E-state index is 0.0389. The third-order valence-corrected chi connectivity index (χ3v) is 4.08. The maximum Gasteiger partial charge on any atom is 0.327 e. The molecule has 1 saturated carbocycles. The van der Waals surface area contributed by atoms with Crippen LogP contribution < -0.4 is 5.32 Å². The van der Waals surface area contributed by atoms with Crippen LogP contribution in [-0.4, -0.2) is 70.1 Å². The Bertz CT molecular complexity index is 399. The third kappa shape index (κ3) is 3.52. The average Bonchev–Trinajstić information content (AvgIpc) is 3.00. The van der Waals surface area contributed by atoms with Crippen molar-refractivity contribution in [1.82, 2.24) is 15.1 Å². The molecule has 3 amide bonds. The van der Waals surface area contributed by atoms with Crippen LogP contribution in [-0.2, 0) is 9.59 Å². The summed E-state index contributed by atoms with van der Waals surface area (Å²) in [5, 5.41) is 11.8. The van der Waals surface area contributed by atoms with Crippen LogP contribution in [0.4, 0.5) is 4.79 Å². The van der Waals surface area contributed by atoms with Gasteiger partial charge in [0, 0.05) is 18.8 Å². The molecule has 1 atom stereocenters. The van der Waals surface area contributed by atoms with Crippen LogP contribution >= 0.6 is 11.8 Å². The van der Waals surface area contributed by atoms with Crippen molar-refractivity contribution in [2.75, 3.05) is 25.2 Å². The Hall–Kier alpha value is -1.44. The number of aliphatic carboxylic acids is 1. The van der Waals surface area contributed by atoms with Crippen LogP contribution in [0.5, 0.6) is 0 Å². The van der Waals surface area contributed by atoms with Gasteiger partial charge in [-0.1, -0.05) is 0 Å². The smallest absolute Gasteiger partial charge is 0.327 e. The van der Waals surface area contributed by atoms with Crippen LogP contribution in [0, 0.1) is 0 Å². The Morgan fingerprint density at radius 1 is 1.42 bits per heavy atom. The Morgan fingerprint density at radius 3 is 2.68 bits per heavy atom. The molecule has 7 nitrogen and oxygen atoms in total. The molecule has 0 aromatic heterocycles. The Kier molecular flexibility index (Phi) is 4.18. The molecule has 1 saturated heterocycles. The lowest BCUT2D eigenvalue weighted by molar-refractivity contribution is -0.140. The number of carboxylic acids is 1. The number of amides is 3. The highest BCUT2D eigenvalue weighted by Gasteiger charge is 2.36. The normalized spacial score (nSPS) is 22.2. The quantitative estimate of drug-likeness (QED) is 0.746. The summed E-state index contributed by atoms with van der Waals surface area (Å²) in [7, 11) is 1.51. The number of carboxylic acid groups (broad SMARTS) is 1. The van der Waals surface area contributed by atoms with E-state index in [1.807, 2.05) is 0 Å². The van der Waals surface area contributed by atoms with Gasteiger partial charge in [0.2, 0.25) is 5.91 Å². The number of urea groups is 1. The van der Waals surface area contributed by atoms with E-state index >= 15 is 0 Å². The van der Waals surface area contributed by atoms with E-state index in [9.17, 15) is 14.4 Å². The van der Waals surface area contributed by atoms with Crippen molar-refractivity contribution in [3.63, 3.8) is 0 Å². The summed E-state index contributed by atoms with van der Waals surface area (Å²) in [5.41, 5.74) is 0. The van der Waals surface area contributed by atoms with Crippen LogP contribution in [0.2, 0.25) is 0 Å². The molecule has 2 aliphatic rings. The first kappa shape index (κ1) is 14.0. The van der Waals surface area contributed by atoms with Crippen molar-refractivity contribution in [2.24, 2.45) is 0 Å². The number of hydrogen-bond acceptors (Lipinski definition) is 4. The number of likely N-dealkylation sites (N-methyl/N-ethyl adjacent to an activating group) is 1. The summed E-state index contributed by atoms with van der Waals surface area (Å²) in [6, 6.07) is -0.958. The monoisotopic (exact) mass is 287 g/mol. The fraction of sp³-hybridized carbons (Fsp3) is 0.727. The van der Waals surface area contributed by atoms with Gasteiger partial charge in [0.15, 0.2) is 0 Å². The summed E-state index contributed by atoms with van der Waals surface area (Å²) < 4.78 is 0. The predicted octanol–water partition coefficient (Wildman–Crippen LogP) is -0.224. The number of thioether (sulfide) groups is 1. The fourth-order valence-corrected chi connectivity index (χ4v) is 2.98. The van der Waals surface area contributed by atoms with E-state index in [1.165, 1.54) is 28.6 Å². The number of carbonyl (C=O) groups excluding carboxylic acids is 2. The van der Waals surface area contributed by atoms with Crippen molar-refractivity contribution >= 4 is 29.7 Å². The average molecular weight is 287 g/mol. The molecule has 8 heteroatoms. The van der Waals surface area contributed by atoms with Gasteiger partial charge >= 0.3 is 12.0 Å². The minimum Gasteiger partial charge on any atom is -0.480 e. The zero-order valence-corrected chi connectivity index (χ0v) is 11.5. The lowest BCUT2D eigenvalue weighted by Crippen LogP contribution is -2.49. The molecule has 0 radical (unpaired) electrons. The van der Waals surface area contributed by atoms with Crippen molar-refractivity contribution < 1.29 is 19.5 Å². The molecule has 19 heavy (non-hydrogen) atoms. The van der Waals surface area contributed by atoms with Gasteiger partial charge in [-0.25, -0.2) is 9.59 Å². The van der Waals surface area contributed by atoms with Gasteiger partial charge in [-0.3, -0.25) is 4.79 Å². The molecule has 0 bridgehead atoms. The standard InChI is InChI=1S/C11H17N3O4S/c1-13(4-9(15)12-7-2-3-7)11(18)14-6-19-5-8(14)10(16)17/h7-8H,2-6H2,1H3,(H,12,15)(H,16,17)/t8-/m0/s1. The number of hydrogen-bond donors (Lipinski definition) is 2.